The topological polar surface area (TPSA) is 49.4 Å². The van der Waals surface area contributed by atoms with Gasteiger partial charge in [0.25, 0.3) is 0 Å². The Hall–Kier alpha value is -1.91. The third kappa shape index (κ3) is 5.05. The normalized spacial score (nSPS) is 20.0. The van der Waals surface area contributed by atoms with Crippen molar-refractivity contribution < 1.29 is 14.0 Å². The maximum atomic E-state index is 13.1. The number of rotatable bonds is 8. The van der Waals surface area contributed by atoms with Gasteiger partial charge in [-0.1, -0.05) is 25.5 Å². The van der Waals surface area contributed by atoms with E-state index < -0.39 is 5.54 Å². The summed E-state index contributed by atoms with van der Waals surface area (Å²) in [6, 6.07) is 6.36. The maximum Gasteiger partial charge on any atom is 0.222 e. The fourth-order valence-electron chi connectivity index (χ4n) is 3.23. The molecule has 1 N–H and O–H groups in total. The highest BCUT2D eigenvalue weighted by molar-refractivity contribution is 5.80. The molecule has 1 atom stereocenters. The molecule has 0 bridgehead atoms. The summed E-state index contributed by atoms with van der Waals surface area (Å²) in [6.45, 7) is 2.87. The predicted molar refractivity (Wildman–Crippen MR) is 92.0 cm³/mol. The molecule has 132 valence electrons. The summed E-state index contributed by atoms with van der Waals surface area (Å²) in [6.07, 6.45) is 4.93. The van der Waals surface area contributed by atoms with Crippen LogP contribution < -0.4 is 5.32 Å². The number of carbonyl (C=O) groups excluding carboxylic acids is 2. The Morgan fingerprint density at radius 3 is 2.62 bits per heavy atom. The van der Waals surface area contributed by atoms with Crippen LogP contribution in [0.15, 0.2) is 24.3 Å². The second kappa shape index (κ2) is 8.27. The van der Waals surface area contributed by atoms with Gasteiger partial charge in [0.15, 0.2) is 0 Å². The van der Waals surface area contributed by atoms with Crippen LogP contribution in [0.3, 0.4) is 0 Å². The predicted octanol–water partition coefficient (Wildman–Crippen LogP) is 3.06. The molecule has 5 heteroatoms. The Morgan fingerprint density at radius 1 is 1.33 bits per heavy atom. The zero-order chi connectivity index (χ0) is 17.6. The summed E-state index contributed by atoms with van der Waals surface area (Å²) in [4.78, 5) is 25.8. The van der Waals surface area contributed by atoms with Crippen LogP contribution in [0, 0.1) is 5.82 Å². The molecule has 0 saturated carbocycles. The van der Waals surface area contributed by atoms with E-state index in [2.05, 4.69) is 12.2 Å². The highest BCUT2D eigenvalue weighted by Crippen LogP contribution is 2.30. The van der Waals surface area contributed by atoms with E-state index in [0.717, 1.165) is 31.4 Å². The second-order valence-electron chi connectivity index (χ2n) is 6.80. The van der Waals surface area contributed by atoms with E-state index in [4.69, 9.17) is 0 Å². The molecule has 4 nitrogen and oxygen atoms in total. The summed E-state index contributed by atoms with van der Waals surface area (Å²) in [7, 11) is 1.83. The molecule has 1 aliphatic heterocycles. The van der Waals surface area contributed by atoms with Crippen LogP contribution in [-0.4, -0.2) is 35.8 Å². The van der Waals surface area contributed by atoms with E-state index in [0.29, 0.717) is 25.7 Å². The zero-order valence-electron chi connectivity index (χ0n) is 14.6. The van der Waals surface area contributed by atoms with Crippen LogP contribution in [0.4, 0.5) is 4.39 Å². The Morgan fingerprint density at radius 2 is 2.04 bits per heavy atom. The molecule has 1 fully saturated rings. The van der Waals surface area contributed by atoms with Crippen molar-refractivity contribution in [2.75, 3.05) is 13.6 Å². The first kappa shape index (κ1) is 18.4. The number of hydrogen-bond donors (Lipinski definition) is 1. The third-order valence-corrected chi connectivity index (χ3v) is 4.78. The van der Waals surface area contributed by atoms with Crippen LogP contribution >= 0.6 is 0 Å². The van der Waals surface area contributed by atoms with E-state index in [1.54, 1.807) is 17.0 Å². The van der Waals surface area contributed by atoms with Gasteiger partial charge in [0.2, 0.25) is 11.8 Å². The lowest BCUT2D eigenvalue weighted by molar-refractivity contribution is -0.130. The van der Waals surface area contributed by atoms with E-state index in [1.807, 2.05) is 7.05 Å². The van der Waals surface area contributed by atoms with E-state index in [9.17, 15) is 14.0 Å². The molecule has 0 radical (unpaired) electrons. The number of halogens is 1. The molecule has 0 aromatic heterocycles. The van der Waals surface area contributed by atoms with Crippen molar-refractivity contribution in [3.8, 4) is 0 Å². The van der Waals surface area contributed by atoms with Crippen LogP contribution in [0.5, 0.6) is 0 Å². The van der Waals surface area contributed by atoms with Crippen molar-refractivity contribution >= 4 is 11.8 Å². The van der Waals surface area contributed by atoms with Gasteiger partial charge in [0.1, 0.15) is 5.82 Å². The van der Waals surface area contributed by atoms with Gasteiger partial charge in [-0.05, 0) is 43.4 Å². The van der Waals surface area contributed by atoms with E-state index >= 15 is 0 Å². The number of amides is 2. The molecule has 2 rings (SSSR count). The second-order valence-corrected chi connectivity index (χ2v) is 6.80. The number of benzene rings is 1. The van der Waals surface area contributed by atoms with Crippen LogP contribution in [0.25, 0.3) is 0 Å². The molecule has 0 spiro atoms. The summed E-state index contributed by atoms with van der Waals surface area (Å²) >= 11 is 0. The Labute approximate surface area is 143 Å². The lowest BCUT2D eigenvalue weighted by Crippen LogP contribution is -2.44. The van der Waals surface area contributed by atoms with Crippen molar-refractivity contribution in [3.05, 3.63) is 35.6 Å². The molecule has 2 amide bonds. The monoisotopic (exact) mass is 334 g/mol. The average Bonchev–Trinajstić information content (AvgIpc) is 2.93. The number of nitrogens with zero attached hydrogens (tertiary/aromatic N) is 1. The van der Waals surface area contributed by atoms with Gasteiger partial charge in [-0.15, -0.1) is 0 Å². The SMILES string of the molecule is CCCCN(C)C(=O)CCC1(Cc2ccc(F)cc2)CCC(=O)N1. The Balaban J connectivity index is 1.99. The minimum atomic E-state index is -0.393. The smallest absolute Gasteiger partial charge is 0.222 e. The number of unbranched alkanes of at least 4 members (excludes halogenated alkanes) is 1. The van der Waals surface area contributed by atoms with Crippen LogP contribution in [-0.2, 0) is 16.0 Å². The lowest BCUT2D eigenvalue weighted by atomic mass is 9.85. The lowest BCUT2D eigenvalue weighted by Gasteiger charge is -2.30. The van der Waals surface area contributed by atoms with Gasteiger partial charge in [0, 0.05) is 32.0 Å². The fourth-order valence-corrected chi connectivity index (χ4v) is 3.23. The highest BCUT2D eigenvalue weighted by atomic mass is 19.1. The molecule has 1 saturated heterocycles. The molecular formula is C19H27FN2O2. The summed E-state index contributed by atoms with van der Waals surface area (Å²) in [5.41, 5.74) is 0.585. The Kier molecular flexibility index (Phi) is 6.35. The molecule has 1 aromatic carbocycles. The Bertz CT molecular complexity index is 573. The first-order chi connectivity index (χ1) is 11.4. The minimum absolute atomic E-state index is 0.0314. The molecule has 0 aliphatic carbocycles. The molecule has 24 heavy (non-hydrogen) atoms. The molecule has 1 heterocycles. The summed E-state index contributed by atoms with van der Waals surface area (Å²) in [5, 5.41) is 3.06. The number of hydrogen-bond acceptors (Lipinski definition) is 2. The van der Waals surface area contributed by atoms with Gasteiger partial charge < -0.3 is 10.2 Å². The van der Waals surface area contributed by atoms with Crippen molar-refractivity contribution in [1.82, 2.24) is 10.2 Å². The minimum Gasteiger partial charge on any atom is -0.350 e. The average molecular weight is 334 g/mol. The number of nitrogens with one attached hydrogen (secondary N) is 1. The first-order valence-corrected chi connectivity index (χ1v) is 8.73. The van der Waals surface area contributed by atoms with Crippen molar-refractivity contribution in [3.63, 3.8) is 0 Å². The standard InChI is InChI=1S/C19H27FN2O2/c1-3-4-13-22(2)18(24)10-12-19(11-9-17(23)21-19)14-15-5-7-16(20)8-6-15/h5-8H,3-4,9-14H2,1-2H3,(H,21,23). The zero-order valence-corrected chi connectivity index (χ0v) is 14.6. The largest absolute Gasteiger partial charge is 0.350 e. The fraction of sp³-hybridized carbons (Fsp3) is 0.579. The van der Waals surface area contributed by atoms with E-state index in [1.165, 1.54) is 12.1 Å². The van der Waals surface area contributed by atoms with Crippen molar-refractivity contribution in [2.45, 2.75) is 57.4 Å². The first-order valence-electron chi connectivity index (χ1n) is 8.73. The van der Waals surface area contributed by atoms with Crippen molar-refractivity contribution in [1.29, 1.82) is 0 Å². The van der Waals surface area contributed by atoms with Gasteiger partial charge >= 0.3 is 0 Å². The van der Waals surface area contributed by atoms with Crippen molar-refractivity contribution in [2.24, 2.45) is 0 Å². The van der Waals surface area contributed by atoms with Gasteiger partial charge in [-0.25, -0.2) is 4.39 Å². The summed E-state index contributed by atoms with van der Waals surface area (Å²) < 4.78 is 13.1. The molecule has 1 aromatic rings. The van der Waals surface area contributed by atoms with Gasteiger partial charge in [0.05, 0.1) is 0 Å². The number of carbonyl (C=O) groups is 2. The highest BCUT2D eigenvalue weighted by Gasteiger charge is 2.38. The molecule has 1 aliphatic rings. The quantitative estimate of drug-likeness (QED) is 0.794. The van der Waals surface area contributed by atoms with Crippen LogP contribution in [0.2, 0.25) is 0 Å². The van der Waals surface area contributed by atoms with Gasteiger partial charge in [-0.3, -0.25) is 9.59 Å². The van der Waals surface area contributed by atoms with Gasteiger partial charge in [-0.2, -0.15) is 0 Å². The summed E-state index contributed by atoms with van der Waals surface area (Å²) in [5.74, 6) is -0.122. The maximum absolute atomic E-state index is 13.1. The third-order valence-electron chi connectivity index (χ3n) is 4.78. The molecular weight excluding hydrogens is 307 g/mol. The van der Waals surface area contributed by atoms with E-state index in [-0.39, 0.29) is 17.6 Å². The molecule has 1 unspecified atom stereocenters. The van der Waals surface area contributed by atoms with Crippen LogP contribution in [0.1, 0.15) is 51.0 Å².